The second kappa shape index (κ2) is 5.28. The van der Waals surface area contributed by atoms with Gasteiger partial charge >= 0.3 is 0 Å². The third kappa shape index (κ3) is 2.22. The summed E-state index contributed by atoms with van der Waals surface area (Å²) in [5.74, 6) is 0.465. The predicted molar refractivity (Wildman–Crippen MR) is 79.7 cm³/mol. The van der Waals surface area contributed by atoms with E-state index in [1.807, 2.05) is 16.9 Å². The highest BCUT2D eigenvalue weighted by Crippen LogP contribution is 2.21. The van der Waals surface area contributed by atoms with E-state index in [0.717, 1.165) is 17.5 Å². The Morgan fingerprint density at radius 2 is 2.05 bits per heavy atom. The van der Waals surface area contributed by atoms with Crippen LogP contribution in [0.3, 0.4) is 0 Å². The summed E-state index contributed by atoms with van der Waals surface area (Å²) in [7, 11) is 0. The molecule has 0 aliphatic carbocycles. The summed E-state index contributed by atoms with van der Waals surface area (Å²) in [6, 6.07) is 8.30. The number of aromatic nitrogens is 4. The lowest BCUT2D eigenvalue weighted by Gasteiger charge is -2.08. The standard InChI is InChI=1S/C15H17N5/c1-2-3-6-11-7-4-5-8-13(11)20-9-12-14(16)17-10-18-15(12)19-20/h4-5,7-10H,2-3,6H2,1H3,(H2,16,17,18,19). The number of aryl methyl sites for hydroxylation is 1. The van der Waals surface area contributed by atoms with Crippen molar-refractivity contribution in [1.29, 1.82) is 0 Å². The molecule has 3 aromatic rings. The van der Waals surface area contributed by atoms with E-state index in [1.165, 1.54) is 24.7 Å². The molecule has 0 fully saturated rings. The minimum Gasteiger partial charge on any atom is -0.383 e. The average molecular weight is 267 g/mol. The van der Waals surface area contributed by atoms with E-state index in [1.54, 1.807) is 0 Å². The number of fused-ring (bicyclic) bond motifs is 1. The van der Waals surface area contributed by atoms with Crippen LogP contribution in [-0.2, 0) is 6.42 Å². The molecule has 5 heteroatoms. The number of rotatable bonds is 4. The Balaban J connectivity index is 2.08. The highest BCUT2D eigenvalue weighted by molar-refractivity contribution is 5.84. The van der Waals surface area contributed by atoms with Gasteiger partial charge < -0.3 is 5.73 Å². The Morgan fingerprint density at radius 1 is 1.20 bits per heavy atom. The van der Waals surface area contributed by atoms with Gasteiger partial charge in [0.15, 0.2) is 5.65 Å². The van der Waals surface area contributed by atoms with Gasteiger partial charge in [-0.15, -0.1) is 5.10 Å². The van der Waals surface area contributed by atoms with Crippen LogP contribution in [0, 0.1) is 0 Å². The molecule has 3 rings (SSSR count). The van der Waals surface area contributed by atoms with Crippen LogP contribution < -0.4 is 5.73 Å². The quantitative estimate of drug-likeness (QED) is 0.789. The summed E-state index contributed by atoms with van der Waals surface area (Å²) >= 11 is 0. The zero-order valence-electron chi connectivity index (χ0n) is 11.5. The number of nitrogen functional groups attached to an aromatic ring is 1. The molecule has 0 amide bonds. The van der Waals surface area contributed by atoms with Crippen LogP contribution in [0.5, 0.6) is 0 Å². The fourth-order valence-electron chi connectivity index (χ4n) is 2.29. The van der Waals surface area contributed by atoms with Gasteiger partial charge in [-0.1, -0.05) is 31.5 Å². The SMILES string of the molecule is CCCCc1ccccc1-n1cc2c(N)ncnc2n1. The van der Waals surface area contributed by atoms with E-state index in [-0.39, 0.29) is 0 Å². The Labute approximate surface area is 117 Å². The summed E-state index contributed by atoms with van der Waals surface area (Å²) in [4.78, 5) is 8.16. The monoisotopic (exact) mass is 267 g/mol. The van der Waals surface area contributed by atoms with Crippen LogP contribution in [0.15, 0.2) is 36.8 Å². The van der Waals surface area contributed by atoms with Crippen LogP contribution in [0.1, 0.15) is 25.3 Å². The van der Waals surface area contributed by atoms with Crippen molar-refractivity contribution < 1.29 is 0 Å². The van der Waals surface area contributed by atoms with E-state index in [9.17, 15) is 0 Å². The zero-order chi connectivity index (χ0) is 13.9. The molecular formula is C15H17N5. The molecule has 0 aliphatic heterocycles. The van der Waals surface area contributed by atoms with Crippen molar-refractivity contribution in [1.82, 2.24) is 19.7 Å². The summed E-state index contributed by atoms with van der Waals surface area (Å²) in [5.41, 5.74) is 8.86. The number of unbranched alkanes of at least 4 members (excludes halogenated alkanes) is 1. The third-order valence-electron chi connectivity index (χ3n) is 3.39. The lowest BCUT2D eigenvalue weighted by molar-refractivity contribution is 0.778. The molecule has 2 heterocycles. The lowest BCUT2D eigenvalue weighted by Crippen LogP contribution is -2.00. The Hall–Kier alpha value is -2.43. The first-order valence-electron chi connectivity index (χ1n) is 6.83. The Morgan fingerprint density at radius 3 is 2.85 bits per heavy atom. The fourth-order valence-corrected chi connectivity index (χ4v) is 2.29. The van der Waals surface area contributed by atoms with Crippen molar-refractivity contribution in [3.8, 4) is 5.69 Å². The fraction of sp³-hybridized carbons (Fsp3) is 0.267. The van der Waals surface area contributed by atoms with Gasteiger partial charge in [-0.05, 0) is 24.5 Å². The van der Waals surface area contributed by atoms with Crippen molar-refractivity contribution in [2.75, 3.05) is 5.73 Å². The second-order valence-electron chi connectivity index (χ2n) is 4.80. The van der Waals surface area contributed by atoms with Crippen LogP contribution in [-0.4, -0.2) is 19.7 Å². The maximum Gasteiger partial charge on any atom is 0.186 e. The lowest BCUT2D eigenvalue weighted by atomic mass is 10.1. The van der Waals surface area contributed by atoms with Gasteiger partial charge in [-0.2, -0.15) is 0 Å². The summed E-state index contributed by atoms with van der Waals surface area (Å²) in [6.07, 6.45) is 6.73. The topological polar surface area (TPSA) is 69.6 Å². The Kier molecular flexibility index (Phi) is 3.33. The normalized spacial score (nSPS) is 11.1. The number of nitrogens with zero attached hydrogens (tertiary/aromatic N) is 4. The molecule has 1 aromatic carbocycles. The van der Waals surface area contributed by atoms with Gasteiger partial charge in [0, 0.05) is 6.20 Å². The minimum atomic E-state index is 0.465. The molecule has 5 nitrogen and oxygen atoms in total. The van der Waals surface area contributed by atoms with E-state index in [4.69, 9.17) is 5.73 Å². The van der Waals surface area contributed by atoms with Crippen LogP contribution >= 0.6 is 0 Å². The van der Waals surface area contributed by atoms with Crippen LogP contribution in [0.25, 0.3) is 16.7 Å². The smallest absolute Gasteiger partial charge is 0.186 e. The van der Waals surface area contributed by atoms with Gasteiger partial charge in [0.1, 0.15) is 12.1 Å². The molecule has 2 N–H and O–H groups in total. The molecule has 0 saturated carbocycles. The largest absolute Gasteiger partial charge is 0.383 e. The number of para-hydroxylation sites is 1. The van der Waals surface area contributed by atoms with Gasteiger partial charge in [-0.25, -0.2) is 14.6 Å². The first-order valence-corrected chi connectivity index (χ1v) is 6.83. The maximum absolute atomic E-state index is 5.86. The van der Waals surface area contributed by atoms with Crippen molar-refractivity contribution in [2.24, 2.45) is 0 Å². The number of anilines is 1. The van der Waals surface area contributed by atoms with Gasteiger partial charge in [0.25, 0.3) is 0 Å². The number of benzene rings is 1. The molecule has 20 heavy (non-hydrogen) atoms. The highest BCUT2D eigenvalue weighted by Gasteiger charge is 2.09. The molecule has 0 bridgehead atoms. The zero-order valence-corrected chi connectivity index (χ0v) is 11.5. The number of hydrogen-bond donors (Lipinski definition) is 1. The van der Waals surface area contributed by atoms with Crippen molar-refractivity contribution in [3.05, 3.63) is 42.4 Å². The van der Waals surface area contributed by atoms with E-state index >= 15 is 0 Å². The third-order valence-corrected chi connectivity index (χ3v) is 3.39. The van der Waals surface area contributed by atoms with Gasteiger partial charge in [0.05, 0.1) is 11.1 Å². The highest BCUT2D eigenvalue weighted by atomic mass is 15.3. The predicted octanol–water partition coefficient (Wildman–Crippen LogP) is 2.74. The van der Waals surface area contributed by atoms with Gasteiger partial charge in [-0.3, -0.25) is 0 Å². The second-order valence-corrected chi connectivity index (χ2v) is 4.80. The van der Waals surface area contributed by atoms with Crippen LogP contribution in [0.4, 0.5) is 5.82 Å². The van der Waals surface area contributed by atoms with Crippen molar-refractivity contribution in [2.45, 2.75) is 26.2 Å². The number of hydrogen-bond acceptors (Lipinski definition) is 4. The summed E-state index contributed by atoms with van der Waals surface area (Å²) in [5, 5.41) is 5.29. The molecule has 0 spiro atoms. The summed E-state index contributed by atoms with van der Waals surface area (Å²) < 4.78 is 1.85. The average Bonchev–Trinajstić information content (AvgIpc) is 2.91. The Bertz CT molecular complexity index is 732. The van der Waals surface area contributed by atoms with E-state index in [0.29, 0.717) is 11.5 Å². The minimum absolute atomic E-state index is 0.465. The van der Waals surface area contributed by atoms with Crippen LogP contribution in [0.2, 0.25) is 0 Å². The molecule has 0 saturated heterocycles. The van der Waals surface area contributed by atoms with Crippen molar-refractivity contribution in [3.63, 3.8) is 0 Å². The first kappa shape index (κ1) is 12.6. The molecule has 0 radical (unpaired) electrons. The van der Waals surface area contributed by atoms with Crippen molar-refractivity contribution >= 4 is 16.9 Å². The molecule has 0 unspecified atom stereocenters. The van der Waals surface area contributed by atoms with Gasteiger partial charge in [0.2, 0.25) is 0 Å². The van der Waals surface area contributed by atoms with E-state index < -0.39 is 0 Å². The van der Waals surface area contributed by atoms with E-state index in [2.05, 4.69) is 40.2 Å². The molecule has 0 atom stereocenters. The number of nitrogens with two attached hydrogens (primary N) is 1. The maximum atomic E-state index is 5.86. The molecule has 102 valence electrons. The first-order chi connectivity index (χ1) is 9.79. The molecular weight excluding hydrogens is 250 g/mol. The molecule has 2 aromatic heterocycles. The molecule has 0 aliphatic rings. The summed E-state index contributed by atoms with van der Waals surface area (Å²) in [6.45, 7) is 2.20.